The number of rotatable bonds is 7. The molecule has 2 aromatic carbocycles. The molecule has 1 amide bonds. The van der Waals surface area contributed by atoms with Crippen LogP contribution in [0, 0.1) is 12.8 Å². The van der Waals surface area contributed by atoms with Gasteiger partial charge in [-0.3, -0.25) is 9.69 Å². The first-order valence-electron chi connectivity index (χ1n) is 11.7. The predicted octanol–water partition coefficient (Wildman–Crippen LogP) is 4.41. The second-order valence-electron chi connectivity index (χ2n) is 8.76. The number of hydrogen-bond acceptors (Lipinski definition) is 6. The minimum absolute atomic E-state index is 0.000654. The maximum Gasteiger partial charge on any atom is 0.241 e. The molecule has 0 aliphatic carbocycles. The van der Waals surface area contributed by atoms with Crippen LogP contribution in [0.25, 0.3) is 17.1 Å². The van der Waals surface area contributed by atoms with Gasteiger partial charge in [-0.15, -0.1) is 0 Å². The summed E-state index contributed by atoms with van der Waals surface area (Å²) in [5, 5.41) is 7.89. The summed E-state index contributed by atoms with van der Waals surface area (Å²) in [5.41, 5.74) is 2.96. The van der Waals surface area contributed by atoms with Crippen LogP contribution in [-0.4, -0.2) is 43.6 Å². The standard InChI is InChI=1S/C26H27ClN6O2/c1-18-28-12-15-33(18)23-5-3-2-4-21(23)16-29-26(34)20-10-13-32(14-11-20)17-24-30-25(31-35-24)19-6-8-22(27)9-7-19/h2-9,12,15,20H,10-11,13-14,16-17H2,1H3,(H,29,34). The van der Waals surface area contributed by atoms with Crippen molar-refractivity contribution in [2.45, 2.75) is 32.9 Å². The molecule has 35 heavy (non-hydrogen) atoms. The summed E-state index contributed by atoms with van der Waals surface area (Å²) in [5.74, 6) is 2.14. The average molecular weight is 491 g/mol. The fraction of sp³-hybridized carbons (Fsp3) is 0.308. The van der Waals surface area contributed by atoms with Crippen LogP contribution in [0.3, 0.4) is 0 Å². The zero-order chi connectivity index (χ0) is 24.2. The highest BCUT2D eigenvalue weighted by atomic mass is 35.5. The molecule has 1 fully saturated rings. The molecule has 0 spiro atoms. The quantitative estimate of drug-likeness (QED) is 0.412. The van der Waals surface area contributed by atoms with Gasteiger partial charge in [0.15, 0.2) is 0 Å². The van der Waals surface area contributed by atoms with Gasteiger partial charge in [-0.1, -0.05) is 35.0 Å². The Kier molecular flexibility index (Phi) is 6.92. The van der Waals surface area contributed by atoms with Gasteiger partial charge in [0.1, 0.15) is 5.82 Å². The molecule has 3 heterocycles. The van der Waals surface area contributed by atoms with Crippen molar-refractivity contribution in [3.63, 3.8) is 0 Å². The molecule has 8 nitrogen and oxygen atoms in total. The highest BCUT2D eigenvalue weighted by molar-refractivity contribution is 6.30. The van der Waals surface area contributed by atoms with Crippen LogP contribution in [0.15, 0.2) is 65.4 Å². The van der Waals surface area contributed by atoms with E-state index in [0.29, 0.717) is 29.8 Å². The molecule has 9 heteroatoms. The van der Waals surface area contributed by atoms with Gasteiger partial charge in [0.05, 0.1) is 12.2 Å². The maximum atomic E-state index is 12.9. The van der Waals surface area contributed by atoms with E-state index in [9.17, 15) is 4.79 Å². The number of nitrogens with one attached hydrogen (secondary N) is 1. The van der Waals surface area contributed by atoms with Gasteiger partial charge in [0.25, 0.3) is 0 Å². The van der Waals surface area contributed by atoms with Gasteiger partial charge in [0.2, 0.25) is 17.6 Å². The summed E-state index contributed by atoms with van der Waals surface area (Å²) >= 11 is 5.95. The average Bonchev–Trinajstić information content (AvgIpc) is 3.52. The number of benzene rings is 2. The molecule has 180 valence electrons. The number of likely N-dealkylation sites (tertiary alicyclic amines) is 1. The number of halogens is 1. The Balaban J connectivity index is 1.12. The Morgan fingerprint density at radius 1 is 1.14 bits per heavy atom. The molecule has 0 atom stereocenters. The number of amides is 1. The van der Waals surface area contributed by atoms with Gasteiger partial charge in [-0.25, -0.2) is 4.98 Å². The molecule has 0 saturated carbocycles. The molecule has 0 radical (unpaired) electrons. The van der Waals surface area contributed by atoms with Gasteiger partial charge in [-0.05, 0) is 68.8 Å². The van der Waals surface area contributed by atoms with E-state index in [1.54, 1.807) is 18.3 Å². The Morgan fingerprint density at radius 2 is 1.91 bits per heavy atom. The van der Waals surface area contributed by atoms with Crippen molar-refractivity contribution in [2.24, 2.45) is 5.92 Å². The topological polar surface area (TPSA) is 89.1 Å². The monoisotopic (exact) mass is 490 g/mol. The third-order valence-corrected chi connectivity index (χ3v) is 6.67. The number of imidazole rings is 1. The SMILES string of the molecule is Cc1nccn1-c1ccccc1CNC(=O)C1CCN(Cc2nc(-c3ccc(Cl)cc3)no2)CC1. The highest BCUT2D eigenvalue weighted by Gasteiger charge is 2.26. The fourth-order valence-corrected chi connectivity index (χ4v) is 4.56. The first-order valence-corrected chi connectivity index (χ1v) is 12.1. The molecular formula is C26H27ClN6O2. The minimum Gasteiger partial charge on any atom is -0.352 e. The Labute approximate surface area is 208 Å². The fourth-order valence-electron chi connectivity index (χ4n) is 4.43. The van der Waals surface area contributed by atoms with Gasteiger partial charge in [0, 0.05) is 35.4 Å². The number of carbonyl (C=O) groups excluding carboxylic acids is 1. The van der Waals surface area contributed by atoms with E-state index in [0.717, 1.165) is 48.6 Å². The van der Waals surface area contributed by atoms with Crippen LogP contribution in [0.4, 0.5) is 0 Å². The number of hydrogen-bond donors (Lipinski definition) is 1. The van der Waals surface area contributed by atoms with Crippen molar-refractivity contribution in [3.05, 3.63) is 83.2 Å². The summed E-state index contributed by atoms with van der Waals surface area (Å²) in [6.45, 7) is 4.65. The Hall–Kier alpha value is -3.49. The van der Waals surface area contributed by atoms with Crippen LogP contribution in [0.1, 0.15) is 30.1 Å². The first-order chi connectivity index (χ1) is 17.1. The van der Waals surface area contributed by atoms with E-state index in [1.165, 1.54) is 0 Å². The lowest BCUT2D eigenvalue weighted by Crippen LogP contribution is -2.40. The summed E-state index contributed by atoms with van der Waals surface area (Å²) in [4.78, 5) is 24.0. The highest BCUT2D eigenvalue weighted by Crippen LogP contribution is 2.22. The zero-order valence-corrected chi connectivity index (χ0v) is 20.3. The lowest BCUT2D eigenvalue weighted by Gasteiger charge is -2.30. The van der Waals surface area contributed by atoms with Crippen LogP contribution in [-0.2, 0) is 17.9 Å². The van der Waals surface area contributed by atoms with E-state index in [2.05, 4.69) is 25.3 Å². The minimum atomic E-state index is 0.000654. The molecule has 1 N–H and O–H groups in total. The van der Waals surface area contributed by atoms with E-state index < -0.39 is 0 Å². The normalized spacial score (nSPS) is 14.8. The number of aromatic nitrogens is 4. The van der Waals surface area contributed by atoms with Crippen molar-refractivity contribution >= 4 is 17.5 Å². The van der Waals surface area contributed by atoms with E-state index in [-0.39, 0.29) is 11.8 Å². The third-order valence-electron chi connectivity index (χ3n) is 6.42. The van der Waals surface area contributed by atoms with Crippen molar-refractivity contribution in [1.29, 1.82) is 0 Å². The number of piperidine rings is 1. The molecule has 1 aliphatic rings. The van der Waals surface area contributed by atoms with Crippen molar-refractivity contribution in [1.82, 2.24) is 29.9 Å². The maximum absolute atomic E-state index is 12.9. The molecular weight excluding hydrogens is 464 g/mol. The first kappa shape index (κ1) is 23.3. The van der Waals surface area contributed by atoms with E-state index in [4.69, 9.17) is 16.1 Å². The second-order valence-corrected chi connectivity index (χ2v) is 9.20. The van der Waals surface area contributed by atoms with E-state index >= 15 is 0 Å². The van der Waals surface area contributed by atoms with Crippen molar-refractivity contribution in [2.75, 3.05) is 13.1 Å². The lowest BCUT2D eigenvalue weighted by atomic mass is 9.96. The predicted molar refractivity (Wildman–Crippen MR) is 133 cm³/mol. The largest absolute Gasteiger partial charge is 0.352 e. The molecule has 0 bridgehead atoms. The van der Waals surface area contributed by atoms with Gasteiger partial charge in [-0.2, -0.15) is 4.98 Å². The number of carbonyl (C=O) groups is 1. The summed E-state index contributed by atoms with van der Waals surface area (Å²) in [7, 11) is 0. The smallest absolute Gasteiger partial charge is 0.241 e. The number of para-hydroxylation sites is 1. The summed E-state index contributed by atoms with van der Waals surface area (Å²) in [6, 6.07) is 15.4. The van der Waals surface area contributed by atoms with Crippen LogP contribution < -0.4 is 5.32 Å². The molecule has 5 rings (SSSR count). The van der Waals surface area contributed by atoms with Crippen LogP contribution in [0.2, 0.25) is 5.02 Å². The van der Waals surface area contributed by atoms with Gasteiger partial charge >= 0.3 is 0 Å². The number of nitrogens with zero attached hydrogens (tertiary/aromatic N) is 5. The Morgan fingerprint density at radius 3 is 2.66 bits per heavy atom. The number of aryl methyl sites for hydroxylation is 1. The van der Waals surface area contributed by atoms with Crippen LogP contribution in [0.5, 0.6) is 0 Å². The van der Waals surface area contributed by atoms with Crippen molar-refractivity contribution < 1.29 is 9.32 Å². The zero-order valence-electron chi connectivity index (χ0n) is 19.5. The molecule has 1 aliphatic heterocycles. The second kappa shape index (κ2) is 10.4. The van der Waals surface area contributed by atoms with Crippen LogP contribution >= 0.6 is 11.6 Å². The Bertz CT molecular complexity index is 1290. The third kappa shape index (κ3) is 5.44. The molecule has 2 aromatic heterocycles. The van der Waals surface area contributed by atoms with Crippen molar-refractivity contribution in [3.8, 4) is 17.1 Å². The molecule has 0 unspecified atom stereocenters. The molecule has 4 aromatic rings. The van der Waals surface area contributed by atoms with E-state index in [1.807, 2.05) is 54.1 Å². The summed E-state index contributed by atoms with van der Waals surface area (Å²) < 4.78 is 7.48. The lowest BCUT2D eigenvalue weighted by molar-refractivity contribution is -0.126. The van der Waals surface area contributed by atoms with Gasteiger partial charge < -0.3 is 14.4 Å². The molecule has 1 saturated heterocycles. The summed E-state index contributed by atoms with van der Waals surface area (Å²) in [6.07, 6.45) is 5.32.